The quantitative estimate of drug-likeness (QED) is 0.0271. The third-order valence-electron chi connectivity index (χ3n) is 23.5. The Morgan fingerprint density at radius 3 is 1.64 bits per heavy atom. The van der Waals surface area contributed by atoms with Crippen LogP contribution in [0.5, 0.6) is 0 Å². The molecule has 5 aliphatic heterocycles. The van der Waals surface area contributed by atoms with E-state index in [2.05, 4.69) is 166 Å². The van der Waals surface area contributed by atoms with Gasteiger partial charge in [-0.25, -0.2) is 4.79 Å². The monoisotopic (exact) mass is 1620 g/mol. The Balaban J connectivity index is 1.74. The van der Waals surface area contributed by atoms with Gasteiger partial charge in [-0.3, -0.25) is 9.59 Å². The van der Waals surface area contributed by atoms with E-state index in [4.69, 9.17) is 65.4 Å². The second kappa shape index (κ2) is 47.0. The highest BCUT2D eigenvalue weighted by molar-refractivity contribution is 8.13. The van der Waals surface area contributed by atoms with Crippen molar-refractivity contribution in [3.8, 4) is 0 Å². The van der Waals surface area contributed by atoms with Crippen LogP contribution in [0, 0.1) is 23.7 Å². The van der Waals surface area contributed by atoms with Gasteiger partial charge >= 0.3 is 18.0 Å². The molecule has 4 fully saturated rings. The minimum absolute atomic E-state index is 0.00409. The predicted molar refractivity (Wildman–Crippen MR) is 449 cm³/mol. The van der Waals surface area contributed by atoms with Gasteiger partial charge in [0, 0.05) is 39.2 Å². The normalized spacial score (nSPS) is 35.8. The molecule has 610 valence electrons. The lowest BCUT2D eigenvalue weighted by atomic mass is 9.82. The second-order valence-electron chi connectivity index (χ2n) is 31.1. The van der Waals surface area contributed by atoms with Crippen molar-refractivity contribution in [3.05, 3.63) is 110 Å². The molecule has 4 saturated heterocycles. The van der Waals surface area contributed by atoms with Crippen LogP contribution in [0.4, 0.5) is 4.79 Å². The lowest BCUT2D eigenvalue weighted by Crippen LogP contribution is -2.67. The first-order chi connectivity index (χ1) is 50.8. The molecule has 25 atom stereocenters. The van der Waals surface area contributed by atoms with E-state index in [1.54, 1.807) is 13.2 Å². The summed E-state index contributed by atoms with van der Waals surface area (Å²) in [7, 11) is -1.84. The number of esters is 2. The lowest BCUT2D eigenvalue weighted by molar-refractivity contribution is -0.325. The van der Waals surface area contributed by atoms with Crippen LogP contribution in [-0.4, -0.2) is 185 Å². The SMILES string of the molecule is C=CCOC(=O)N[C@@H]1[C@@H](O)[C@H](O[C@H]2/C=C/C=C/C=C/C=C/C=C/C=C/C=C/[C@H](C)[C@@H](C)[C@@H](C)[C@H](C)OC(=O)CC3CC(CC[C@@H](O[Si](CC)(CC)C(C)C)C4CC(C[C@]5(OC)C[C@H](O[Si](CC)(CC)C(C)C)[C@@H](C(=O)OCC=C)C(C2)O5)OC(P(C)P)O4)OC(P(C)P)O3)O[C@H](C)[C@H]1O[Si](CC)(CC)C(C)C. The molecule has 26 heteroatoms. The largest absolute Gasteiger partial charge is 0.462 e. The van der Waals surface area contributed by atoms with Crippen molar-refractivity contribution in [1.29, 1.82) is 0 Å². The minimum atomic E-state index is -2.68. The molecule has 0 saturated carbocycles. The summed E-state index contributed by atoms with van der Waals surface area (Å²) in [5.41, 5.74) is 0.660. The standard InChI is InChI=1S/C81H141NO18P4Si3/c1-23-47-88-76(85)72-69-50-63(92-77-74(84)73(82-78(86)89-48-24-2)75(62(19)91-77)100-107(29-7,30-8)57(13)14)44-42-40-38-36-34-32-31-33-35-37-39-41-43-58(15)59(16)60(17)61(18)90-71(83)52-65-49-64(93-79(94-65)103(21)101)45-46-67(98-105(25-3,26-4)55(9)10)68-51-66(95-80(96-68)104(22)102)53-81(87-20,97-69)54-70(72)99-106(27-5,28-6)56(11)12/h23-24,31-44,55-70,72-75,77,79-80,84H,1-2,25-30,45-54,101-102H2,3-22H3,(H,82,86)/b32-31+,35-33+,36-34+,39-37+,40-38+,43-41+,44-42+/t58-,59+,60+,61-,62+,63-,64?,65?,66?,67+,68?,69?,70-,72-,73+,74+,75+,77-,79?,80?,81+,103?,104?/m0/s1. The molecular weight excluding hydrogens is 1480 g/mol. The Bertz CT molecular complexity index is 2910. The van der Waals surface area contributed by atoms with Gasteiger partial charge < -0.3 is 75.8 Å². The molecule has 0 spiro atoms. The zero-order chi connectivity index (χ0) is 79.4. The van der Waals surface area contributed by atoms with Gasteiger partial charge in [0.25, 0.3) is 0 Å². The molecule has 19 nitrogen and oxygen atoms in total. The van der Waals surface area contributed by atoms with Crippen LogP contribution in [0.1, 0.15) is 169 Å². The van der Waals surface area contributed by atoms with Gasteiger partial charge in [0.2, 0.25) is 0 Å². The van der Waals surface area contributed by atoms with E-state index in [0.717, 1.165) is 36.3 Å². The number of hydrogen-bond acceptors (Lipinski definition) is 18. The van der Waals surface area contributed by atoms with Gasteiger partial charge in [0.1, 0.15) is 31.3 Å². The fourth-order valence-electron chi connectivity index (χ4n) is 15.9. The third-order valence-corrected chi connectivity index (χ3v) is 42.5. The predicted octanol–water partition coefficient (Wildman–Crippen LogP) is 19.0. The molecule has 107 heavy (non-hydrogen) atoms. The van der Waals surface area contributed by atoms with Gasteiger partial charge in [-0.15, -0.1) is 17.9 Å². The maximum absolute atomic E-state index is 15.4. The molecule has 0 aromatic rings. The number of hydrogen-bond donors (Lipinski definition) is 2. The minimum Gasteiger partial charge on any atom is -0.462 e. The summed E-state index contributed by atoms with van der Waals surface area (Å²) in [6.45, 7) is 48.7. The Hall–Kier alpha value is -2.24. The van der Waals surface area contributed by atoms with Crippen LogP contribution in [0.3, 0.4) is 0 Å². The first-order valence-electron chi connectivity index (χ1n) is 39.8. The van der Waals surface area contributed by atoms with Crippen LogP contribution in [0.15, 0.2) is 110 Å². The van der Waals surface area contributed by atoms with E-state index in [1.165, 1.54) is 6.08 Å². The third kappa shape index (κ3) is 27.8. The summed E-state index contributed by atoms with van der Waals surface area (Å²) < 4.78 is 96.9. The topological polar surface area (TPSA) is 213 Å². The number of rotatable bonds is 26. The van der Waals surface area contributed by atoms with Crippen molar-refractivity contribution >= 4 is 76.1 Å². The smallest absolute Gasteiger partial charge is 0.407 e. The van der Waals surface area contributed by atoms with E-state index in [0.29, 0.717) is 31.2 Å². The van der Waals surface area contributed by atoms with Crippen LogP contribution >= 0.6 is 33.1 Å². The number of nitrogens with one attached hydrogen (secondary N) is 1. The number of aliphatic hydroxyl groups excluding tert-OH is 1. The molecule has 11 unspecified atom stereocenters. The lowest BCUT2D eigenvalue weighted by Gasteiger charge is -2.52. The fraction of sp³-hybridized carbons (Fsp3) is 0.741. The second-order valence-corrected chi connectivity index (χ2v) is 54.3. The molecule has 5 aliphatic rings. The van der Waals surface area contributed by atoms with Gasteiger partial charge in [-0.2, -0.15) is 0 Å². The molecule has 0 radical (unpaired) electrons. The van der Waals surface area contributed by atoms with Crippen molar-refractivity contribution in [1.82, 2.24) is 5.32 Å². The molecular formula is C81H141NO18P4Si3. The summed E-state index contributed by atoms with van der Waals surface area (Å²) in [6.07, 6.45) is 22.9. The van der Waals surface area contributed by atoms with Crippen LogP contribution in [0.2, 0.25) is 52.9 Å². The maximum atomic E-state index is 15.4. The highest BCUT2D eigenvalue weighted by Crippen LogP contribution is 2.54. The van der Waals surface area contributed by atoms with Gasteiger partial charge in [0.15, 0.2) is 49.1 Å². The number of cyclic esters (lactones) is 1. The molecule has 1 amide bonds. The number of allylic oxidation sites excluding steroid dienone is 13. The first-order valence-corrected chi connectivity index (χ1v) is 54.0. The summed E-state index contributed by atoms with van der Waals surface area (Å²) in [6, 6.07) is 2.82. The maximum Gasteiger partial charge on any atom is 0.407 e. The van der Waals surface area contributed by atoms with E-state index in [-0.39, 0.29) is 92.0 Å². The number of aliphatic hydroxyl groups is 1. The number of methoxy groups -OCH3 is 1. The molecule has 5 heterocycles. The van der Waals surface area contributed by atoms with Gasteiger partial charge in [-0.05, 0) is 126 Å². The molecule has 5 rings (SSSR count). The van der Waals surface area contributed by atoms with Crippen molar-refractivity contribution in [2.45, 2.75) is 325 Å². The number of carbonyl (C=O) groups excluding carboxylic acids is 3. The van der Waals surface area contributed by atoms with Crippen molar-refractivity contribution in [3.63, 3.8) is 0 Å². The highest BCUT2D eigenvalue weighted by Gasteiger charge is 2.57. The molecule has 0 aliphatic carbocycles. The van der Waals surface area contributed by atoms with E-state index >= 15 is 4.79 Å². The first kappa shape index (κ1) is 95.3. The fourth-order valence-corrected chi connectivity index (χ4v) is 29.0. The van der Waals surface area contributed by atoms with Crippen molar-refractivity contribution in [2.75, 3.05) is 33.7 Å². The van der Waals surface area contributed by atoms with E-state index in [9.17, 15) is 14.7 Å². The molecule has 6 bridgehead atoms. The number of amides is 1. The average molecular weight is 1630 g/mol. The summed E-state index contributed by atoms with van der Waals surface area (Å²) in [5, 5.41) is 15.8. The summed E-state index contributed by atoms with van der Waals surface area (Å²) in [4.78, 5) is 43.1. The highest BCUT2D eigenvalue weighted by atomic mass is 32.0. The molecule has 0 aromatic carbocycles. The number of carbonyl (C=O) groups is 3. The van der Waals surface area contributed by atoms with Gasteiger partial charge in [0.05, 0.1) is 73.5 Å². The zero-order valence-corrected chi connectivity index (χ0v) is 75.8. The number of fused-ring (bicyclic) bond motifs is 6. The summed E-state index contributed by atoms with van der Waals surface area (Å²) >= 11 is 0. The Labute approximate surface area is 655 Å². The molecule has 0 aromatic heterocycles. The zero-order valence-electron chi connectivity index (χ0n) is 68.7. The molecule has 2 N–H and O–H groups in total. The van der Waals surface area contributed by atoms with Crippen LogP contribution < -0.4 is 5.32 Å². The summed E-state index contributed by atoms with van der Waals surface area (Å²) in [5.74, 6) is -2.75. The number of ether oxygens (including phenoxy) is 11. The van der Waals surface area contributed by atoms with E-state index in [1.807, 2.05) is 86.8 Å². The Kier molecular flexibility index (Phi) is 41.8. The van der Waals surface area contributed by atoms with E-state index < -0.39 is 143 Å². The van der Waals surface area contributed by atoms with Crippen molar-refractivity contribution in [2.24, 2.45) is 23.7 Å². The van der Waals surface area contributed by atoms with Crippen LogP contribution in [0.25, 0.3) is 0 Å². The van der Waals surface area contributed by atoms with Crippen LogP contribution in [-0.2, 0) is 75.0 Å². The van der Waals surface area contributed by atoms with Crippen molar-refractivity contribution < 1.29 is 84.9 Å². The van der Waals surface area contributed by atoms with Gasteiger partial charge in [-0.1, -0.05) is 214 Å². The number of alkyl carbamates (subject to hydrolysis) is 1. The Morgan fingerprint density at radius 1 is 0.617 bits per heavy atom. The average Bonchev–Trinajstić information content (AvgIpc) is 0.765. The Morgan fingerprint density at radius 2 is 1.11 bits per heavy atom.